The third-order valence-electron chi connectivity index (χ3n) is 4.89. The summed E-state index contributed by atoms with van der Waals surface area (Å²) in [6, 6.07) is 26.0. The fourth-order valence-corrected chi connectivity index (χ4v) is 3.52. The maximum atomic E-state index is 6.29. The summed E-state index contributed by atoms with van der Waals surface area (Å²) in [5.74, 6) is 0. The van der Waals surface area contributed by atoms with E-state index in [0.29, 0.717) is 6.04 Å². The van der Waals surface area contributed by atoms with Crippen molar-refractivity contribution in [3.05, 3.63) is 89.5 Å². The molecule has 120 valence electrons. The average molecular weight is 314 g/mol. The minimum atomic E-state index is 0.510. The minimum absolute atomic E-state index is 0.510. The monoisotopic (exact) mass is 314 g/mol. The zero-order chi connectivity index (χ0) is 16.4. The summed E-state index contributed by atoms with van der Waals surface area (Å²) >= 11 is 0. The van der Waals surface area contributed by atoms with Gasteiger partial charge in [-0.3, -0.25) is 0 Å². The molecular weight excluding hydrogens is 292 g/mol. The van der Waals surface area contributed by atoms with Crippen LogP contribution in [0.15, 0.2) is 72.8 Å². The van der Waals surface area contributed by atoms with Gasteiger partial charge in [0.2, 0.25) is 0 Å². The predicted molar refractivity (Wildman–Crippen MR) is 101 cm³/mol. The Hall–Kier alpha value is -2.58. The molecule has 0 fully saturated rings. The molecule has 3 aromatic carbocycles. The van der Waals surface area contributed by atoms with Crippen LogP contribution in [0.2, 0.25) is 0 Å². The van der Waals surface area contributed by atoms with Crippen molar-refractivity contribution in [3.8, 4) is 11.1 Å². The first-order chi connectivity index (χ1) is 11.8. The van der Waals surface area contributed by atoms with Gasteiger partial charge in [0.1, 0.15) is 0 Å². The van der Waals surface area contributed by atoms with Crippen LogP contribution in [0.4, 0.5) is 5.69 Å². The molecule has 1 aliphatic carbocycles. The standard InChI is InChI=1S/C22H22N2/c23-22-14-19(16-6-2-1-3-7-16)10-11-20(22)15-24-21-12-17-8-4-5-9-18(17)13-21/h1-11,14,21,24H,12-13,15,23H2. The molecule has 0 saturated heterocycles. The smallest absolute Gasteiger partial charge is 0.0365 e. The number of rotatable bonds is 4. The van der Waals surface area contributed by atoms with E-state index in [1.54, 1.807) is 0 Å². The fourth-order valence-electron chi connectivity index (χ4n) is 3.52. The molecule has 0 unspecified atom stereocenters. The van der Waals surface area contributed by atoms with Crippen LogP contribution in [-0.4, -0.2) is 6.04 Å². The van der Waals surface area contributed by atoms with Gasteiger partial charge in [-0.1, -0.05) is 66.7 Å². The van der Waals surface area contributed by atoms with Gasteiger partial charge < -0.3 is 11.1 Å². The molecule has 3 aromatic rings. The van der Waals surface area contributed by atoms with Gasteiger partial charge in [-0.25, -0.2) is 0 Å². The predicted octanol–water partition coefficient (Wildman–Crippen LogP) is 4.19. The molecule has 0 aromatic heterocycles. The van der Waals surface area contributed by atoms with E-state index in [4.69, 9.17) is 5.73 Å². The maximum Gasteiger partial charge on any atom is 0.0365 e. The van der Waals surface area contributed by atoms with E-state index in [1.165, 1.54) is 27.8 Å². The lowest BCUT2D eigenvalue weighted by Gasteiger charge is -2.14. The molecular formula is C22H22N2. The molecule has 0 saturated carbocycles. The lowest BCUT2D eigenvalue weighted by molar-refractivity contribution is 0.533. The number of benzene rings is 3. The van der Waals surface area contributed by atoms with E-state index in [0.717, 1.165) is 25.1 Å². The largest absolute Gasteiger partial charge is 0.398 e. The molecule has 0 spiro atoms. The van der Waals surface area contributed by atoms with Crippen LogP contribution >= 0.6 is 0 Å². The molecule has 0 heterocycles. The third-order valence-corrected chi connectivity index (χ3v) is 4.89. The fraction of sp³-hybridized carbons (Fsp3) is 0.182. The first-order valence-corrected chi connectivity index (χ1v) is 8.53. The Morgan fingerprint density at radius 1 is 0.792 bits per heavy atom. The van der Waals surface area contributed by atoms with Crippen molar-refractivity contribution in [1.29, 1.82) is 0 Å². The van der Waals surface area contributed by atoms with Gasteiger partial charge in [-0.15, -0.1) is 0 Å². The molecule has 0 bridgehead atoms. The van der Waals surface area contributed by atoms with Crippen LogP contribution in [-0.2, 0) is 19.4 Å². The number of hydrogen-bond acceptors (Lipinski definition) is 2. The number of nitrogens with two attached hydrogens (primary N) is 1. The normalized spacial score (nSPS) is 13.8. The van der Waals surface area contributed by atoms with E-state index in [2.05, 4.69) is 72.0 Å². The summed E-state index contributed by atoms with van der Waals surface area (Å²) in [4.78, 5) is 0. The quantitative estimate of drug-likeness (QED) is 0.709. The second kappa shape index (κ2) is 6.50. The highest BCUT2D eigenvalue weighted by Gasteiger charge is 2.20. The summed E-state index contributed by atoms with van der Waals surface area (Å²) < 4.78 is 0. The Balaban J connectivity index is 1.43. The second-order valence-corrected chi connectivity index (χ2v) is 6.53. The Morgan fingerprint density at radius 2 is 1.46 bits per heavy atom. The summed E-state index contributed by atoms with van der Waals surface area (Å²) in [5.41, 5.74) is 13.6. The van der Waals surface area contributed by atoms with Crippen molar-refractivity contribution in [1.82, 2.24) is 5.32 Å². The summed E-state index contributed by atoms with van der Waals surface area (Å²) in [6.07, 6.45) is 2.22. The van der Waals surface area contributed by atoms with Crippen molar-refractivity contribution < 1.29 is 0 Å². The van der Waals surface area contributed by atoms with E-state index >= 15 is 0 Å². The van der Waals surface area contributed by atoms with Crippen LogP contribution in [0.25, 0.3) is 11.1 Å². The van der Waals surface area contributed by atoms with Crippen molar-refractivity contribution in [2.75, 3.05) is 5.73 Å². The van der Waals surface area contributed by atoms with Gasteiger partial charge >= 0.3 is 0 Å². The van der Waals surface area contributed by atoms with E-state index < -0.39 is 0 Å². The first-order valence-electron chi connectivity index (χ1n) is 8.53. The van der Waals surface area contributed by atoms with Gasteiger partial charge in [-0.05, 0) is 46.7 Å². The van der Waals surface area contributed by atoms with Gasteiger partial charge in [0, 0.05) is 18.3 Å². The summed E-state index contributed by atoms with van der Waals surface area (Å²) in [7, 11) is 0. The molecule has 0 atom stereocenters. The van der Waals surface area contributed by atoms with Crippen LogP contribution in [0.5, 0.6) is 0 Å². The second-order valence-electron chi connectivity index (χ2n) is 6.53. The average Bonchev–Trinajstić information content (AvgIpc) is 3.04. The van der Waals surface area contributed by atoms with E-state index in [1.807, 2.05) is 6.07 Å². The highest BCUT2D eigenvalue weighted by atomic mass is 14.9. The Kier molecular flexibility index (Phi) is 4.06. The maximum absolute atomic E-state index is 6.29. The van der Waals surface area contributed by atoms with Crippen LogP contribution in [0.3, 0.4) is 0 Å². The molecule has 0 amide bonds. The molecule has 0 radical (unpaired) electrons. The molecule has 3 N–H and O–H groups in total. The van der Waals surface area contributed by atoms with Gasteiger partial charge in [0.05, 0.1) is 0 Å². The minimum Gasteiger partial charge on any atom is -0.398 e. The molecule has 2 heteroatoms. The van der Waals surface area contributed by atoms with E-state index in [-0.39, 0.29) is 0 Å². The topological polar surface area (TPSA) is 38.0 Å². The van der Waals surface area contributed by atoms with Gasteiger partial charge in [0.15, 0.2) is 0 Å². The Morgan fingerprint density at radius 3 is 2.12 bits per heavy atom. The molecule has 2 nitrogen and oxygen atoms in total. The van der Waals surface area contributed by atoms with Gasteiger partial charge in [0.25, 0.3) is 0 Å². The number of hydrogen-bond donors (Lipinski definition) is 2. The van der Waals surface area contributed by atoms with Crippen molar-refractivity contribution in [2.45, 2.75) is 25.4 Å². The van der Waals surface area contributed by atoms with Crippen LogP contribution in [0.1, 0.15) is 16.7 Å². The number of nitrogen functional groups attached to an aromatic ring is 1. The molecule has 0 aliphatic heterocycles. The number of fused-ring (bicyclic) bond motifs is 1. The number of nitrogens with one attached hydrogen (secondary N) is 1. The summed E-state index contributed by atoms with van der Waals surface area (Å²) in [6.45, 7) is 0.819. The Labute approximate surface area is 143 Å². The SMILES string of the molecule is Nc1cc(-c2ccccc2)ccc1CNC1Cc2ccccc2C1. The molecule has 4 rings (SSSR count). The van der Waals surface area contributed by atoms with Crippen LogP contribution in [0, 0.1) is 0 Å². The van der Waals surface area contributed by atoms with Crippen LogP contribution < -0.4 is 11.1 Å². The third kappa shape index (κ3) is 3.06. The van der Waals surface area contributed by atoms with Crippen molar-refractivity contribution in [2.24, 2.45) is 0 Å². The number of anilines is 1. The van der Waals surface area contributed by atoms with E-state index in [9.17, 15) is 0 Å². The lowest BCUT2D eigenvalue weighted by Crippen LogP contribution is -2.29. The summed E-state index contributed by atoms with van der Waals surface area (Å²) in [5, 5.41) is 3.66. The zero-order valence-electron chi connectivity index (χ0n) is 13.7. The van der Waals surface area contributed by atoms with Gasteiger partial charge in [-0.2, -0.15) is 0 Å². The highest BCUT2D eigenvalue weighted by molar-refractivity contribution is 5.68. The Bertz CT molecular complexity index is 815. The zero-order valence-corrected chi connectivity index (χ0v) is 13.7. The first kappa shape index (κ1) is 15.0. The van der Waals surface area contributed by atoms with Crippen molar-refractivity contribution in [3.63, 3.8) is 0 Å². The highest BCUT2D eigenvalue weighted by Crippen LogP contribution is 2.25. The molecule has 24 heavy (non-hydrogen) atoms. The lowest BCUT2D eigenvalue weighted by atomic mass is 10.0. The molecule has 1 aliphatic rings. The van der Waals surface area contributed by atoms with Crippen molar-refractivity contribution >= 4 is 5.69 Å².